The standard InChI is InChI=1S/C16H26/c1-11-9-10-13(15(3,4)5)12(2)14(11)16(6,7)8/h9-10H,1-8H3. The van der Waals surface area contributed by atoms with Crippen LogP contribution in [0.4, 0.5) is 0 Å². The maximum Gasteiger partial charge on any atom is -0.0127 e. The maximum atomic E-state index is 2.30. The van der Waals surface area contributed by atoms with Crippen LogP contribution in [0.1, 0.15) is 63.8 Å². The first-order valence-electron chi connectivity index (χ1n) is 6.16. The lowest BCUT2D eigenvalue weighted by molar-refractivity contribution is 0.558. The van der Waals surface area contributed by atoms with E-state index in [2.05, 4.69) is 67.5 Å². The molecule has 90 valence electrons. The van der Waals surface area contributed by atoms with E-state index in [1.54, 1.807) is 0 Å². The average Bonchev–Trinajstić information content (AvgIpc) is 1.97. The first-order valence-corrected chi connectivity index (χ1v) is 6.16. The smallest absolute Gasteiger partial charge is 0.0127 e. The third-order valence-electron chi connectivity index (χ3n) is 3.23. The number of hydrogen-bond acceptors (Lipinski definition) is 0. The highest BCUT2D eigenvalue weighted by molar-refractivity contribution is 5.46. The van der Waals surface area contributed by atoms with Gasteiger partial charge in [-0.3, -0.25) is 0 Å². The molecule has 0 spiro atoms. The van der Waals surface area contributed by atoms with Gasteiger partial charge in [-0.15, -0.1) is 0 Å². The number of benzene rings is 1. The second-order valence-electron chi connectivity index (χ2n) is 6.93. The molecule has 0 saturated heterocycles. The van der Waals surface area contributed by atoms with Crippen LogP contribution in [-0.4, -0.2) is 0 Å². The summed E-state index contributed by atoms with van der Waals surface area (Å²) in [6.07, 6.45) is 0. The Morgan fingerprint density at radius 2 is 1.25 bits per heavy atom. The van der Waals surface area contributed by atoms with Crippen LogP contribution in [0.25, 0.3) is 0 Å². The van der Waals surface area contributed by atoms with Crippen molar-refractivity contribution in [3.63, 3.8) is 0 Å². The predicted octanol–water partition coefficient (Wildman–Crippen LogP) is 4.90. The Kier molecular flexibility index (Phi) is 3.24. The Morgan fingerprint density at radius 1 is 0.750 bits per heavy atom. The zero-order valence-corrected chi connectivity index (χ0v) is 12.2. The van der Waals surface area contributed by atoms with Crippen molar-refractivity contribution < 1.29 is 0 Å². The molecule has 0 radical (unpaired) electrons. The van der Waals surface area contributed by atoms with Crippen LogP contribution in [0.3, 0.4) is 0 Å². The van der Waals surface area contributed by atoms with Gasteiger partial charge in [-0.2, -0.15) is 0 Å². The van der Waals surface area contributed by atoms with Crippen molar-refractivity contribution in [2.24, 2.45) is 0 Å². The Bertz CT molecular complexity index is 384. The lowest BCUT2D eigenvalue weighted by Gasteiger charge is -2.30. The van der Waals surface area contributed by atoms with Crippen LogP contribution in [0.15, 0.2) is 12.1 Å². The molecule has 0 bridgehead atoms. The van der Waals surface area contributed by atoms with E-state index in [0.29, 0.717) is 0 Å². The normalized spacial score (nSPS) is 13.0. The zero-order valence-electron chi connectivity index (χ0n) is 12.2. The quantitative estimate of drug-likeness (QED) is 0.581. The van der Waals surface area contributed by atoms with Gasteiger partial charge in [0.15, 0.2) is 0 Å². The Labute approximate surface area is 101 Å². The van der Waals surface area contributed by atoms with Gasteiger partial charge in [0, 0.05) is 0 Å². The van der Waals surface area contributed by atoms with Crippen molar-refractivity contribution >= 4 is 0 Å². The lowest BCUT2D eigenvalue weighted by Crippen LogP contribution is -2.20. The van der Waals surface area contributed by atoms with Gasteiger partial charge in [0.1, 0.15) is 0 Å². The summed E-state index contributed by atoms with van der Waals surface area (Å²) < 4.78 is 0. The summed E-state index contributed by atoms with van der Waals surface area (Å²) in [5.74, 6) is 0. The van der Waals surface area contributed by atoms with E-state index in [4.69, 9.17) is 0 Å². The molecule has 16 heavy (non-hydrogen) atoms. The topological polar surface area (TPSA) is 0 Å². The molecule has 0 heteroatoms. The van der Waals surface area contributed by atoms with Gasteiger partial charge in [0.25, 0.3) is 0 Å². The molecule has 0 amide bonds. The summed E-state index contributed by atoms with van der Waals surface area (Å²) in [5, 5.41) is 0. The SMILES string of the molecule is Cc1ccc(C(C)(C)C)c(C)c1C(C)(C)C. The number of hydrogen-bond donors (Lipinski definition) is 0. The highest BCUT2D eigenvalue weighted by Crippen LogP contribution is 2.35. The maximum absolute atomic E-state index is 2.30. The van der Waals surface area contributed by atoms with Gasteiger partial charge >= 0.3 is 0 Å². The molecule has 0 saturated carbocycles. The van der Waals surface area contributed by atoms with E-state index in [-0.39, 0.29) is 10.8 Å². The monoisotopic (exact) mass is 218 g/mol. The average molecular weight is 218 g/mol. The van der Waals surface area contributed by atoms with Crippen molar-refractivity contribution in [3.8, 4) is 0 Å². The second kappa shape index (κ2) is 3.91. The molecule has 0 aliphatic heterocycles. The molecule has 0 unspecified atom stereocenters. The minimum atomic E-state index is 0.232. The van der Waals surface area contributed by atoms with E-state index in [9.17, 15) is 0 Å². The lowest BCUT2D eigenvalue weighted by atomic mass is 9.75. The van der Waals surface area contributed by atoms with Crippen LogP contribution < -0.4 is 0 Å². The fourth-order valence-corrected chi connectivity index (χ4v) is 2.81. The van der Waals surface area contributed by atoms with Crippen molar-refractivity contribution in [1.82, 2.24) is 0 Å². The van der Waals surface area contributed by atoms with E-state index in [1.165, 1.54) is 22.3 Å². The molecule has 0 N–H and O–H groups in total. The van der Waals surface area contributed by atoms with Crippen molar-refractivity contribution in [1.29, 1.82) is 0 Å². The van der Waals surface area contributed by atoms with Crippen LogP contribution >= 0.6 is 0 Å². The molecule has 0 nitrogen and oxygen atoms in total. The molecule has 1 aromatic rings. The molecule has 0 aliphatic carbocycles. The third kappa shape index (κ3) is 2.48. The summed E-state index contributed by atoms with van der Waals surface area (Å²) in [4.78, 5) is 0. The van der Waals surface area contributed by atoms with Gasteiger partial charge in [-0.25, -0.2) is 0 Å². The van der Waals surface area contributed by atoms with E-state index in [0.717, 1.165) is 0 Å². The van der Waals surface area contributed by atoms with E-state index < -0.39 is 0 Å². The number of aryl methyl sites for hydroxylation is 1. The largest absolute Gasteiger partial charge is 0.0587 e. The summed E-state index contributed by atoms with van der Waals surface area (Å²) in [7, 11) is 0. The van der Waals surface area contributed by atoms with Crippen LogP contribution in [-0.2, 0) is 10.8 Å². The summed E-state index contributed by atoms with van der Waals surface area (Å²) in [6.45, 7) is 18.3. The second-order valence-corrected chi connectivity index (χ2v) is 6.93. The fraction of sp³-hybridized carbons (Fsp3) is 0.625. The Balaban J connectivity index is 3.52. The van der Waals surface area contributed by atoms with Gasteiger partial charge in [-0.05, 0) is 46.9 Å². The van der Waals surface area contributed by atoms with Crippen molar-refractivity contribution in [2.75, 3.05) is 0 Å². The van der Waals surface area contributed by atoms with Crippen molar-refractivity contribution in [3.05, 3.63) is 34.4 Å². The summed E-state index contributed by atoms with van der Waals surface area (Å²) in [5.41, 5.74) is 6.34. The molecule has 0 aromatic heterocycles. The molecule has 1 aromatic carbocycles. The van der Waals surface area contributed by atoms with Crippen LogP contribution in [0.5, 0.6) is 0 Å². The molecule has 0 fully saturated rings. The van der Waals surface area contributed by atoms with E-state index >= 15 is 0 Å². The van der Waals surface area contributed by atoms with Crippen molar-refractivity contribution in [2.45, 2.75) is 66.2 Å². The first kappa shape index (κ1) is 13.3. The van der Waals surface area contributed by atoms with Crippen LogP contribution in [0.2, 0.25) is 0 Å². The molecule has 0 heterocycles. The van der Waals surface area contributed by atoms with Gasteiger partial charge in [0.05, 0.1) is 0 Å². The first-order chi connectivity index (χ1) is 7.05. The summed E-state index contributed by atoms with van der Waals surface area (Å²) in [6, 6.07) is 4.56. The van der Waals surface area contributed by atoms with Gasteiger partial charge in [-0.1, -0.05) is 53.7 Å². The van der Waals surface area contributed by atoms with Gasteiger partial charge < -0.3 is 0 Å². The molecule has 0 atom stereocenters. The highest BCUT2D eigenvalue weighted by Gasteiger charge is 2.24. The summed E-state index contributed by atoms with van der Waals surface area (Å²) >= 11 is 0. The predicted molar refractivity (Wildman–Crippen MR) is 73.3 cm³/mol. The molecule has 1 rings (SSSR count). The fourth-order valence-electron chi connectivity index (χ4n) is 2.81. The number of rotatable bonds is 0. The van der Waals surface area contributed by atoms with Gasteiger partial charge in [0.2, 0.25) is 0 Å². The molecular weight excluding hydrogens is 192 g/mol. The minimum Gasteiger partial charge on any atom is -0.0587 e. The Morgan fingerprint density at radius 3 is 1.62 bits per heavy atom. The Hall–Kier alpha value is -0.780. The minimum absolute atomic E-state index is 0.232. The van der Waals surface area contributed by atoms with E-state index in [1.807, 2.05) is 0 Å². The zero-order chi connectivity index (χ0) is 12.7. The third-order valence-corrected chi connectivity index (χ3v) is 3.23. The highest BCUT2D eigenvalue weighted by atomic mass is 14.3. The molecular formula is C16H26. The van der Waals surface area contributed by atoms with Crippen LogP contribution in [0, 0.1) is 13.8 Å². The molecule has 0 aliphatic rings.